The van der Waals surface area contributed by atoms with Crippen molar-refractivity contribution in [1.29, 1.82) is 0 Å². The van der Waals surface area contributed by atoms with E-state index >= 15 is 0 Å². The third-order valence-electron chi connectivity index (χ3n) is 15.9. The van der Waals surface area contributed by atoms with E-state index in [1.54, 1.807) is 0 Å². The summed E-state index contributed by atoms with van der Waals surface area (Å²) in [6.07, 6.45) is 114. The lowest BCUT2D eigenvalue weighted by Gasteiger charge is -2.24. The van der Waals surface area contributed by atoms with Crippen LogP contribution in [-0.4, -0.2) is 74.9 Å². The summed E-state index contributed by atoms with van der Waals surface area (Å²) in [5.74, 6) is -0.810. The number of unbranched alkanes of at least 4 members (excludes halogenated alkanes) is 25. The number of phosphoric acid groups is 1. The Bertz CT molecular complexity index is 2280. The molecular formula is C86H143NO8P+. The van der Waals surface area contributed by atoms with Gasteiger partial charge >= 0.3 is 19.8 Å². The number of phosphoric ester groups is 1. The van der Waals surface area contributed by atoms with Crippen LogP contribution in [0.1, 0.15) is 296 Å². The Morgan fingerprint density at radius 2 is 0.562 bits per heavy atom. The van der Waals surface area contributed by atoms with Gasteiger partial charge in [-0.1, -0.05) is 331 Å². The molecule has 0 aromatic rings. The topological polar surface area (TPSA) is 108 Å². The lowest BCUT2D eigenvalue weighted by Crippen LogP contribution is -2.37. The fourth-order valence-electron chi connectivity index (χ4n) is 10.1. The molecular weight excluding hydrogens is 1210 g/mol. The number of carbonyl (C=O) groups is 2. The lowest BCUT2D eigenvalue weighted by atomic mass is 10.0. The van der Waals surface area contributed by atoms with Crippen LogP contribution >= 0.6 is 7.82 Å². The highest BCUT2D eigenvalue weighted by Gasteiger charge is 2.27. The van der Waals surface area contributed by atoms with E-state index in [2.05, 4.69) is 196 Å². The average Bonchev–Trinajstić information content (AvgIpc) is 1.48. The molecule has 0 aliphatic carbocycles. The second-order valence-electron chi connectivity index (χ2n) is 26.3. The second-order valence-corrected chi connectivity index (χ2v) is 27.7. The predicted octanol–water partition coefficient (Wildman–Crippen LogP) is 25.8. The van der Waals surface area contributed by atoms with Gasteiger partial charge in [0, 0.05) is 12.8 Å². The van der Waals surface area contributed by atoms with Crippen LogP contribution < -0.4 is 0 Å². The number of hydrogen-bond acceptors (Lipinski definition) is 7. The number of carbonyl (C=O) groups excluding carboxylic acids is 2. The van der Waals surface area contributed by atoms with Crippen LogP contribution in [0.4, 0.5) is 0 Å². The van der Waals surface area contributed by atoms with Gasteiger partial charge in [-0.2, -0.15) is 0 Å². The van der Waals surface area contributed by atoms with Gasteiger partial charge in [-0.05, 0) is 135 Å². The van der Waals surface area contributed by atoms with Gasteiger partial charge in [0.25, 0.3) is 0 Å². The zero-order valence-electron chi connectivity index (χ0n) is 62.0. The van der Waals surface area contributed by atoms with Crippen molar-refractivity contribution in [2.24, 2.45) is 0 Å². The number of ether oxygens (including phenoxy) is 2. The Balaban J connectivity index is 4.06. The molecule has 2 atom stereocenters. The Labute approximate surface area is 591 Å². The fraction of sp³-hybridized carbons (Fsp3) is 0.628. The molecule has 0 fully saturated rings. The molecule has 1 N–H and O–H groups in total. The molecule has 0 heterocycles. The maximum absolute atomic E-state index is 12.9. The summed E-state index contributed by atoms with van der Waals surface area (Å²) >= 11 is 0. The lowest BCUT2D eigenvalue weighted by molar-refractivity contribution is -0.870. The van der Waals surface area contributed by atoms with E-state index in [1.807, 2.05) is 21.1 Å². The van der Waals surface area contributed by atoms with Crippen molar-refractivity contribution in [3.63, 3.8) is 0 Å². The molecule has 96 heavy (non-hydrogen) atoms. The maximum Gasteiger partial charge on any atom is 0.472 e. The highest BCUT2D eigenvalue weighted by atomic mass is 31.2. The Morgan fingerprint density at radius 1 is 0.323 bits per heavy atom. The maximum atomic E-state index is 12.9. The average molecular weight is 1350 g/mol. The molecule has 0 rings (SSSR count). The number of likely N-dealkylation sites (N-methyl/N-ethyl adjacent to an activating group) is 1. The molecule has 0 aromatic carbocycles. The van der Waals surface area contributed by atoms with E-state index in [0.717, 1.165) is 141 Å². The normalized spacial score (nSPS) is 14.1. The molecule has 0 saturated heterocycles. The molecule has 0 aliphatic heterocycles. The number of rotatable bonds is 69. The van der Waals surface area contributed by atoms with Gasteiger partial charge in [-0.3, -0.25) is 18.6 Å². The largest absolute Gasteiger partial charge is 0.472 e. The Kier molecular flexibility index (Phi) is 70.5. The number of nitrogens with zero attached hydrogens (tertiary/aromatic N) is 1. The minimum atomic E-state index is -4.41. The predicted molar refractivity (Wildman–Crippen MR) is 417 cm³/mol. The minimum Gasteiger partial charge on any atom is -0.462 e. The Hall–Kier alpha value is -4.89. The van der Waals surface area contributed by atoms with Gasteiger partial charge in [-0.25, -0.2) is 4.57 Å². The summed E-state index contributed by atoms with van der Waals surface area (Å²) in [4.78, 5) is 36.0. The van der Waals surface area contributed by atoms with Crippen molar-refractivity contribution in [2.45, 2.75) is 302 Å². The summed E-state index contributed by atoms with van der Waals surface area (Å²) in [5, 5.41) is 0. The SMILES string of the molecule is CC/C=C\C/C=C\C/C=C\C/C=C\C/C=C\C/C=C\C/C=C\C/C=C\CCCCCCCCCCC(=O)OC(COC(=O)CCCCCCCCCCCCCCCCCCC/C=C\C/C=C\C/C=C\C/C=C\C/C=C\C/C=C\C/C=C\CC)COP(=O)(O)OCC[N+](C)(C)C. The van der Waals surface area contributed by atoms with Crippen molar-refractivity contribution >= 4 is 19.8 Å². The van der Waals surface area contributed by atoms with Gasteiger partial charge in [0.1, 0.15) is 19.8 Å². The summed E-state index contributed by atoms with van der Waals surface area (Å²) in [7, 11) is 1.46. The van der Waals surface area contributed by atoms with Gasteiger partial charge in [0.15, 0.2) is 6.10 Å². The first kappa shape index (κ1) is 91.1. The van der Waals surface area contributed by atoms with Crippen LogP contribution in [0.2, 0.25) is 0 Å². The van der Waals surface area contributed by atoms with Crippen LogP contribution in [0, 0.1) is 0 Å². The van der Waals surface area contributed by atoms with Gasteiger partial charge in [-0.15, -0.1) is 0 Å². The number of quaternary nitrogens is 1. The standard InChI is InChI=1S/C86H142NO8P/c1-6-8-10-12-14-16-18-20-22-24-26-28-30-32-34-36-38-40-41-42-43-44-45-47-48-50-52-54-56-58-60-62-64-66-68-70-72-74-76-78-85(88)92-82-84(83-94-96(90,91)93-81-80-87(3,4)5)95-86(89)79-77-75-73-71-69-67-65-63-61-59-57-55-53-51-49-46-39-37-35-33-31-29-27-25-23-21-19-17-15-13-11-9-7-2/h8-11,14-17,20-23,26-29,32-35,38-40,42-43,46,51,53,57,59,84H,6-7,12-13,18-19,24-25,30-31,36-37,41,44-45,47-50,52,54-56,58,60-83H2,1-5H3/p+1/b10-8-,11-9-,16-14-,17-15-,22-20-,23-21-,28-26-,29-27-,34-32-,35-33-,40-38-,43-42-,46-39-,53-51-,59-57-. The zero-order valence-corrected chi connectivity index (χ0v) is 62.9. The molecule has 0 aromatic heterocycles. The van der Waals surface area contributed by atoms with Crippen LogP contribution in [0.15, 0.2) is 182 Å². The van der Waals surface area contributed by atoms with Crippen molar-refractivity contribution in [3.05, 3.63) is 182 Å². The monoisotopic (exact) mass is 1350 g/mol. The molecule has 0 aliphatic rings. The van der Waals surface area contributed by atoms with Gasteiger partial charge in [0.2, 0.25) is 0 Å². The number of allylic oxidation sites excluding steroid dienone is 30. The van der Waals surface area contributed by atoms with Crippen LogP contribution in [-0.2, 0) is 32.7 Å². The smallest absolute Gasteiger partial charge is 0.462 e. The van der Waals surface area contributed by atoms with Crippen molar-refractivity contribution < 1.29 is 42.1 Å². The molecule has 9 nitrogen and oxygen atoms in total. The number of hydrogen-bond donors (Lipinski definition) is 1. The van der Waals surface area contributed by atoms with Gasteiger partial charge < -0.3 is 18.9 Å². The highest BCUT2D eigenvalue weighted by molar-refractivity contribution is 7.47. The van der Waals surface area contributed by atoms with Gasteiger partial charge in [0.05, 0.1) is 27.7 Å². The molecule has 0 amide bonds. The van der Waals surface area contributed by atoms with E-state index in [0.29, 0.717) is 17.4 Å². The van der Waals surface area contributed by atoms with E-state index in [4.69, 9.17) is 18.5 Å². The number of esters is 2. The summed E-state index contributed by atoms with van der Waals surface area (Å²) in [5.41, 5.74) is 0. The van der Waals surface area contributed by atoms with Crippen LogP contribution in [0.5, 0.6) is 0 Å². The van der Waals surface area contributed by atoms with E-state index in [9.17, 15) is 19.0 Å². The first-order valence-corrected chi connectivity index (χ1v) is 40.0. The highest BCUT2D eigenvalue weighted by Crippen LogP contribution is 2.43. The van der Waals surface area contributed by atoms with E-state index in [1.165, 1.54) is 122 Å². The quantitative estimate of drug-likeness (QED) is 0.0211. The molecule has 0 saturated carbocycles. The molecule has 0 radical (unpaired) electrons. The Morgan fingerprint density at radius 3 is 0.833 bits per heavy atom. The third-order valence-corrected chi connectivity index (χ3v) is 16.9. The molecule has 0 bridgehead atoms. The van der Waals surface area contributed by atoms with Crippen LogP contribution in [0.3, 0.4) is 0 Å². The molecule has 544 valence electrons. The van der Waals surface area contributed by atoms with E-state index < -0.39 is 26.5 Å². The van der Waals surface area contributed by atoms with E-state index in [-0.39, 0.29) is 32.0 Å². The van der Waals surface area contributed by atoms with Crippen molar-refractivity contribution in [2.75, 3.05) is 47.5 Å². The third kappa shape index (κ3) is 78.1. The molecule has 2 unspecified atom stereocenters. The first-order valence-electron chi connectivity index (χ1n) is 38.5. The molecule has 0 spiro atoms. The zero-order chi connectivity index (χ0) is 69.7. The summed E-state index contributed by atoms with van der Waals surface area (Å²) in [6, 6.07) is 0. The minimum absolute atomic E-state index is 0.0223. The fourth-order valence-corrected chi connectivity index (χ4v) is 10.9. The van der Waals surface area contributed by atoms with Crippen molar-refractivity contribution in [1.82, 2.24) is 0 Å². The van der Waals surface area contributed by atoms with Crippen molar-refractivity contribution in [3.8, 4) is 0 Å². The molecule has 10 heteroatoms. The summed E-state index contributed by atoms with van der Waals surface area (Å²) < 4.78 is 34.8. The van der Waals surface area contributed by atoms with Crippen LogP contribution in [0.25, 0.3) is 0 Å². The second kappa shape index (κ2) is 74.3. The summed E-state index contributed by atoms with van der Waals surface area (Å²) in [6.45, 7) is 4.20. The first-order chi connectivity index (χ1) is 47.0.